The van der Waals surface area contributed by atoms with Gasteiger partial charge in [0.15, 0.2) is 0 Å². The molecule has 0 bridgehead atoms. The van der Waals surface area contributed by atoms with E-state index in [0.717, 1.165) is 11.5 Å². The molecule has 0 radical (unpaired) electrons. The van der Waals surface area contributed by atoms with Crippen molar-refractivity contribution in [1.29, 1.82) is 0 Å². The van der Waals surface area contributed by atoms with E-state index in [2.05, 4.69) is 35.5 Å². The van der Waals surface area contributed by atoms with Gasteiger partial charge in [0, 0.05) is 16.0 Å². The fourth-order valence-corrected chi connectivity index (χ4v) is 3.16. The molecule has 1 aromatic carbocycles. The van der Waals surface area contributed by atoms with E-state index in [0.29, 0.717) is 4.47 Å². The highest BCUT2D eigenvalue weighted by Gasteiger charge is 2.16. The van der Waals surface area contributed by atoms with Crippen molar-refractivity contribution in [3.05, 3.63) is 28.7 Å². The maximum atomic E-state index is 11.8. The zero-order chi connectivity index (χ0) is 11.6. The van der Waals surface area contributed by atoms with Gasteiger partial charge in [0.25, 0.3) is 10.0 Å². The molecule has 0 aliphatic carbocycles. The van der Waals surface area contributed by atoms with Crippen LogP contribution in [-0.2, 0) is 10.0 Å². The molecule has 0 amide bonds. The van der Waals surface area contributed by atoms with Crippen LogP contribution in [0.4, 0.5) is 5.13 Å². The van der Waals surface area contributed by atoms with Crippen LogP contribution >= 0.6 is 27.5 Å². The predicted molar refractivity (Wildman–Crippen MR) is 62.7 cm³/mol. The van der Waals surface area contributed by atoms with Gasteiger partial charge in [0.05, 0.1) is 4.90 Å². The molecule has 1 heterocycles. The van der Waals surface area contributed by atoms with Crippen molar-refractivity contribution in [3.8, 4) is 0 Å². The first-order valence-electron chi connectivity index (χ1n) is 4.01. The lowest BCUT2D eigenvalue weighted by atomic mass is 10.4. The minimum absolute atomic E-state index is 0.139. The maximum absolute atomic E-state index is 11.8. The van der Waals surface area contributed by atoms with Crippen molar-refractivity contribution in [2.75, 3.05) is 4.72 Å². The van der Waals surface area contributed by atoms with Crippen LogP contribution in [0.5, 0.6) is 0 Å². The molecule has 2 aromatic rings. The van der Waals surface area contributed by atoms with Gasteiger partial charge in [-0.05, 0) is 23.4 Å². The number of hydrogen-bond donors (Lipinski definition) is 1. The van der Waals surface area contributed by atoms with E-state index in [4.69, 9.17) is 0 Å². The first-order valence-corrected chi connectivity index (χ1v) is 7.06. The zero-order valence-corrected chi connectivity index (χ0v) is 10.9. The molecule has 9 heteroatoms. The summed E-state index contributed by atoms with van der Waals surface area (Å²) < 4.78 is 30.1. The predicted octanol–water partition coefficient (Wildman–Crippen LogP) is 1.50. The Morgan fingerprint density at radius 1 is 1.38 bits per heavy atom. The van der Waals surface area contributed by atoms with Gasteiger partial charge in [0.1, 0.15) is 0 Å². The minimum Gasteiger partial charge on any atom is -0.252 e. The molecule has 1 aromatic heterocycles. The molecule has 0 saturated carbocycles. The Bertz CT molecular complexity index is 584. The van der Waals surface area contributed by atoms with Crippen LogP contribution in [0, 0.1) is 0 Å². The van der Waals surface area contributed by atoms with Crippen LogP contribution in [0.15, 0.2) is 33.6 Å². The molecule has 2 rings (SSSR count). The summed E-state index contributed by atoms with van der Waals surface area (Å²) in [6, 6.07) is 6.36. The second-order valence-electron chi connectivity index (χ2n) is 2.73. The van der Waals surface area contributed by atoms with Crippen LogP contribution in [0.3, 0.4) is 0 Å². The second kappa shape index (κ2) is 4.44. The van der Waals surface area contributed by atoms with Crippen molar-refractivity contribution in [1.82, 2.24) is 14.8 Å². The van der Waals surface area contributed by atoms with E-state index < -0.39 is 10.0 Å². The van der Waals surface area contributed by atoms with E-state index in [1.54, 1.807) is 12.1 Å². The molecule has 0 aliphatic rings. The first-order chi connectivity index (χ1) is 7.58. The van der Waals surface area contributed by atoms with E-state index in [9.17, 15) is 8.42 Å². The third kappa shape index (κ3) is 2.54. The molecule has 0 unspecified atom stereocenters. The Morgan fingerprint density at radius 3 is 2.81 bits per heavy atom. The maximum Gasteiger partial charge on any atom is 0.263 e. The molecule has 84 valence electrons. The third-order valence-corrected chi connectivity index (χ3v) is 4.10. The van der Waals surface area contributed by atoms with E-state index >= 15 is 0 Å². The Kier molecular flexibility index (Phi) is 3.17. The number of nitrogens with zero attached hydrogens (tertiary/aromatic N) is 3. The lowest BCUT2D eigenvalue weighted by molar-refractivity contribution is 0.601. The summed E-state index contributed by atoms with van der Waals surface area (Å²) in [5.74, 6) is 0. The fourth-order valence-electron chi connectivity index (χ4n) is 0.981. The van der Waals surface area contributed by atoms with Gasteiger partial charge < -0.3 is 0 Å². The van der Waals surface area contributed by atoms with Crippen LogP contribution in [-0.4, -0.2) is 23.2 Å². The number of rotatable bonds is 3. The number of sulfonamides is 1. The molecule has 0 fully saturated rings. The summed E-state index contributed by atoms with van der Waals surface area (Å²) in [6.07, 6.45) is 0. The van der Waals surface area contributed by atoms with Crippen LogP contribution in [0.25, 0.3) is 0 Å². The summed E-state index contributed by atoms with van der Waals surface area (Å²) in [5, 5.41) is 6.94. The van der Waals surface area contributed by atoms with E-state index in [1.165, 1.54) is 12.1 Å². The zero-order valence-electron chi connectivity index (χ0n) is 7.66. The summed E-state index contributed by atoms with van der Waals surface area (Å²) in [6.45, 7) is 0. The monoisotopic (exact) mass is 320 g/mol. The Labute approximate surface area is 104 Å². The van der Waals surface area contributed by atoms with Gasteiger partial charge >= 0.3 is 0 Å². The quantitative estimate of drug-likeness (QED) is 0.926. The SMILES string of the molecule is O=S(=O)(Nc1nnns1)c1cccc(Br)c1. The van der Waals surface area contributed by atoms with Crippen LogP contribution in [0.1, 0.15) is 0 Å². The highest BCUT2D eigenvalue weighted by Crippen LogP contribution is 2.19. The number of anilines is 1. The van der Waals surface area contributed by atoms with Gasteiger partial charge in [-0.2, -0.15) is 0 Å². The van der Waals surface area contributed by atoms with Gasteiger partial charge in [0.2, 0.25) is 5.13 Å². The molecule has 0 spiro atoms. The van der Waals surface area contributed by atoms with Crippen molar-refractivity contribution in [2.45, 2.75) is 4.90 Å². The molecule has 16 heavy (non-hydrogen) atoms. The topological polar surface area (TPSA) is 84.8 Å². The van der Waals surface area contributed by atoms with E-state index in [1.807, 2.05) is 0 Å². The summed E-state index contributed by atoms with van der Waals surface area (Å²) in [5.41, 5.74) is 0. The number of halogens is 1. The number of nitrogens with one attached hydrogen (secondary N) is 1. The van der Waals surface area contributed by atoms with Gasteiger partial charge in [-0.1, -0.05) is 31.6 Å². The van der Waals surface area contributed by atoms with Crippen LogP contribution in [0.2, 0.25) is 0 Å². The third-order valence-electron chi connectivity index (χ3n) is 1.63. The first kappa shape index (κ1) is 11.4. The molecular weight excluding hydrogens is 316 g/mol. The summed E-state index contributed by atoms with van der Waals surface area (Å²) in [4.78, 5) is 0.150. The second-order valence-corrected chi connectivity index (χ2v) is 6.06. The highest BCUT2D eigenvalue weighted by molar-refractivity contribution is 9.10. The molecule has 0 aliphatic heterocycles. The Hall–Kier alpha value is -1.06. The Balaban J connectivity index is 2.33. The molecule has 0 saturated heterocycles. The Morgan fingerprint density at radius 2 is 2.19 bits per heavy atom. The van der Waals surface area contributed by atoms with Gasteiger partial charge in [-0.15, -0.1) is 0 Å². The van der Waals surface area contributed by atoms with Crippen molar-refractivity contribution >= 4 is 42.6 Å². The normalized spacial score (nSPS) is 11.3. The molecule has 6 nitrogen and oxygen atoms in total. The molecule has 1 N–H and O–H groups in total. The average molecular weight is 321 g/mol. The highest BCUT2D eigenvalue weighted by atomic mass is 79.9. The molecular formula is C7H5BrN4O2S2. The lowest BCUT2D eigenvalue weighted by Crippen LogP contribution is -2.12. The van der Waals surface area contributed by atoms with E-state index in [-0.39, 0.29) is 10.0 Å². The smallest absolute Gasteiger partial charge is 0.252 e. The number of benzene rings is 1. The number of aromatic nitrogens is 3. The largest absolute Gasteiger partial charge is 0.263 e. The van der Waals surface area contributed by atoms with Crippen molar-refractivity contribution in [3.63, 3.8) is 0 Å². The summed E-state index contributed by atoms with van der Waals surface area (Å²) in [7, 11) is -3.62. The van der Waals surface area contributed by atoms with Crippen molar-refractivity contribution < 1.29 is 8.42 Å². The minimum atomic E-state index is -3.62. The van der Waals surface area contributed by atoms with Gasteiger partial charge in [-0.25, -0.2) is 8.42 Å². The van der Waals surface area contributed by atoms with Crippen LogP contribution < -0.4 is 4.72 Å². The average Bonchev–Trinajstić information content (AvgIpc) is 2.70. The number of hydrogen-bond acceptors (Lipinski definition) is 6. The van der Waals surface area contributed by atoms with Gasteiger partial charge in [-0.3, -0.25) is 4.72 Å². The molecule has 0 atom stereocenters. The standard InChI is InChI=1S/C7H5BrN4O2S2/c8-5-2-1-3-6(4-5)16(13,14)10-7-9-11-12-15-7/h1-4H,(H,9,10,12). The lowest BCUT2D eigenvalue weighted by Gasteiger charge is -2.03. The summed E-state index contributed by atoms with van der Waals surface area (Å²) >= 11 is 4.08. The fraction of sp³-hybridized carbons (Fsp3) is 0. The van der Waals surface area contributed by atoms with Crippen molar-refractivity contribution in [2.24, 2.45) is 0 Å².